The monoisotopic (exact) mass is 438 g/mol. The van der Waals surface area contributed by atoms with Gasteiger partial charge in [-0.1, -0.05) is 65.1 Å². The Morgan fingerprint density at radius 2 is 1.79 bits per heavy atom. The SMILES string of the molecule is COC1C[C@H](I)[C@@H](COC(=O)c2ccc(-c3ccccc3)cc2)O1. The molecule has 0 aromatic heterocycles. The molecule has 1 heterocycles. The molecule has 1 aliphatic heterocycles. The van der Waals surface area contributed by atoms with Crippen LogP contribution in [0.3, 0.4) is 0 Å². The van der Waals surface area contributed by atoms with Gasteiger partial charge >= 0.3 is 5.97 Å². The molecule has 0 radical (unpaired) electrons. The molecule has 0 bridgehead atoms. The van der Waals surface area contributed by atoms with E-state index in [1.54, 1.807) is 19.2 Å². The van der Waals surface area contributed by atoms with Crippen molar-refractivity contribution < 1.29 is 19.0 Å². The van der Waals surface area contributed by atoms with Gasteiger partial charge in [0.15, 0.2) is 6.29 Å². The van der Waals surface area contributed by atoms with E-state index in [1.807, 2.05) is 42.5 Å². The van der Waals surface area contributed by atoms with Crippen molar-refractivity contribution in [1.29, 1.82) is 0 Å². The van der Waals surface area contributed by atoms with E-state index < -0.39 is 0 Å². The molecule has 3 rings (SSSR count). The third-order valence-electron chi connectivity index (χ3n) is 4.02. The molecule has 0 amide bonds. The molecule has 5 heteroatoms. The number of alkyl halides is 1. The summed E-state index contributed by atoms with van der Waals surface area (Å²) in [5.41, 5.74) is 2.73. The number of carbonyl (C=O) groups excluding carboxylic acids is 1. The Bertz CT molecular complexity index is 672. The van der Waals surface area contributed by atoms with Gasteiger partial charge in [0.05, 0.1) is 5.56 Å². The van der Waals surface area contributed by atoms with Crippen LogP contribution < -0.4 is 0 Å². The molecule has 1 saturated heterocycles. The number of methoxy groups -OCH3 is 1. The zero-order valence-electron chi connectivity index (χ0n) is 13.4. The lowest BCUT2D eigenvalue weighted by Crippen LogP contribution is -2.25. The summed E-state index contributed by atoms with van der Waals surface area (Å²) >= 11 is 2.31. The number of hydrogen-bond donors (Lipinski definition) is 0. The summed E-state index contributed by atoms with van der Waals surface area (Å²) in [6.45, 7) is 0.243. The van der Waals surface area contributed by atoms with Crippen LogP contribution in [0.5, 0.6) is 0 Å². The first kappa shape index (κ1) is 17.4. The predicted molar refractivity (Wildman–Crippen MR) is 100 cm³/mol. The first-order chi connectivity index (χ1) is 11.7. The van der Waals surface area contributed by atoms with Crippen molar-refractivity contribution >= 4 is 28.6 Å². The first-order valence-corrected chi connectivity index (χ1v) is 9.07. The van der Waals surface area contributed by atoms with Gasteiger partial charge in [-0.2, -0.15) is 0 Å². The molecular weight excluding hydrogens is 419 g/mol. The molecule has 2 aromatic rings. The average Bonchev–Trinajstić information content (AvgIpc) is 3.00. The summed E-state index contributed by atoms with van der Waals surface area (Å²) in [4.78, 5) is 12.2. The Labute approximate surface area is 155 Å². The van der Waals surface area contributed by atoms with Crippen molar-refractivity contribution in [3.05, 3.63) is 60.2 Å². The summed E-state index contributed by atoms with van der Waals surface area (Å²) in [6, 6.07) is 17.5. The lowest BCUT2D eigenvalue weighted by molar-refractivity contribution is -0.123. The minimum atomic E-state index is -0.331. The lowest BCUT2D eigenvalue weighted by Gasteiger charge is -2.14. The maximum atomic E-state index is 12.2. The highest BCUT2D eigenvalue weighted by Gasteiger charge is 2.34. The van der Waals surface area contributed by atoms with Crippen LogP contribution in [0.15, 0.2) is 54.6 Å². The van der Waals surface area contributed by atoms with Crippen molar-refractivity contribution in [2.45, 2.75) is 22.7 Å². The van der Waals surface area contributed by atoms with Crippen molar-refractivity contribution in [3.63, 3.8) is 0 Å². The summed E-state index contributed by atoms with van der Waals surface area (Å²) in [5.74, 6) is -0.331. The van der Waals surface area contributed by atoms with Gasteiger partial charge in [0.2, 0.25) is 0 Å². The Morgan fingerprint density at radius 3 is 2.42 bits per heavy atom. The van der Waals surface area contributed by atoms with Gasteiger partial charge in [-0.25, -0.2) is 4.79 Å². The van der Waals surface area contributed by atoms with Crippen molar-refractivity contribution in [2.24, 2.45) is 0 Å². The Kier molecular flexibility index (Phi) is 5.86. The van der Waals surface area contributed by atoms with E-state index in [0.29, 0.717) is 5.56 Å². The second-order valence-electron chi connectivity index (χ2n) is 5.63. The van der Waals surface area contributed by atoms with Crippen LogP contribution in [-0.2, 0) is 14.2 Å². The maximum Gasteiger partial charge on any atom is 0.338 e. The zero-order chi connectivity index (χ0) is 16.9. The second-order valence-corrected chi connectivity index (χ2v) is 7.23. The maximum absolute atomic E-state index is 12.2. The van der Waals surface area contributed by atoms with Gasteiger partial charge < -0.3 is 14.2 Å². The number of hydrogen-bond acceptors (Lipinski definition) is 4. The fourth-order valence-electron chi connectivity index (χ4n) is 2.64. The molecule has 0 saturated carbocycles. The van der Waals surface area contributed by atoms with E-state index in [-0.39, 0.29) is 28.9 Å². The number of esters is 1. The largest absolute Gasteiger partial charge is 0.459 e. The Hall–Kier alpha value is -1.44. The van der Waals surface area contributed by atoms with E-state index in [9.17, 15) is 4.79 Å². The molecule has 1 unspecified atom stereocenters. The molecule has 0 aliphatic carbocycles. The molecule has 0 spiro atoms. The Balaban J connectivity index is 1.58. The van der Waals surface area contributed by atoms with Crippen LogP contribution in [-0.4, -0.2) is 36.0 Å². The highest BCUT2D eigenvalue weighted by atomic mass is 127. The van der Waals surface area contributed by atoms with Gasteiger partial charge in [-0.05, 0) is 23.3 Å². The smallest absolute Gasteiger partial charge is 0.338 e. The van der Waals surface area contributed by atoms with E-state index in [4.69, 9.17) is 14.2 Å². The fraction of sp³-hybridized carbons (Fsp3) is 0.316. The zero-order valence-corrected chi connectivity index (χ0v) is 15.5. The highest BCUT2D eigenvalue weighted by Crippen LogP contribution is 2.28. The standard InChI is InChI=1S/C19H19IO4/c1-22-18-11-16(20)17(24-18)12-23-19(21)15-9-7-14(8-10-15)13-5-3-2-4-6-13/h2-10,16-18H,11-12H2,1H3/t16-,17+,18?/m0/s1. The first-order valence-electron chi connectivity index (χ1n) is 7.82. The van der Waals surface area contributed by atoms with Gasteiger partial charge in [0.25, 0.3) is 0 Å². The van der Waals surface area contributed by atoms with Crippen LogP contribution in [0.1, 0.15) is 16.8 Å². The number of benzene rings is 2. The number of ether oxygens (including phenoxy) is 3. The minimum absolute atomic E-state index is 0.122. The number of carbonyl (C=O) groups is 1. The van der Waals surface area contributed by atoms with Crippen LogP contribution >= 0.6 is 22.6 Å². The molecular formula is C19H19IO4. The predicted octanol–water partition coefficient (Wildman–Crippen LogP) is 4.08. The molecule has 126 valence electrons. The van der Waals surface area contributed by atoms with E-state index in [0.717, 1.165) is 17.5 Å². The van der Waals surface area contributed by atoms with E-state index in [1.165, 1.54) is 0 Å². The fourth-order valence-corrected chi connectivity index (χ4v) is 3.43. The van der Waals surface area contributed by atoms with Gasteiger partial charge in [0.1, 0.15) is 12.7 Å². The third-order valence-corrected chi connectivity index (χ3v) is 5.33. The molecule has 24 heavy (non-hydrogen) atoms. The molecule has 3 atom stereocenters. The molecule has 2 aromatic carbocycles. The number of halogens is 1. The van der Waals surface area contributed by atoms with Gasteiger partial charge in [0, 0.05) is 17.5 Å². The molecule has 1 fully saturated rings. The number of rotatable bonds is 5. The summed E-state index contributed by atoms with van der Waals surface area (Å²) in [5, 5.41) is 0. The minimum Gasteiger partial charge on any atom is -0.459 e. The molecule has 4 nitrogen and oxygen atoms in total. The van der Waals surface area contributed by atoms with Gasteiger partial charge in [-0.15, -0.1) is 0 Å². The Morgan fingerprint density at radius 1 is 1.12 bits per heavy atom. The van der Waals surface area contributed by atoms with Crippen LogP contribution in [0.4, 0.5) is 0 Å². The van der Waals surface area contributed by atoms with E-state index >= 15 is 0 Å². The average molecular weight is 438 g/mol. The normalized spacial score (nSPS) is 23.2. The lowest BCUT2D eigenvalue weighted by atomic mass is 10.0. The summed E-state index contributed by atoms with van der Waals surface area (Å²) < 4.78 is 16.5. The molecule has 1 aliphatic rings. The summed E-state index contributed by atoms with van der Waals surface area (Å²) in [6.07, 6.45) is 0.481. The molecule has 0 N–H and O–H groups in total. The van der Waals surface area contributed by atoms with Crippen LogP contribution in [0, 0.1) is 0 Å². The second kappa shape index (κ2) is 8.09. The van der Waals surface area contributed by atoms with Crippen LogP contribution in [0.25, 0.3) is 11.1 Å². The topological polar surface area (TPSA) is 44.8 Å². The quantitative estimate of drug-likeness (QED) is 0.401. The van der Waals surface area contributed by atoms with Crippen LogP contribution in [0.2, 0.25) is 0 Å². The summed E-state index contributed by atoms with van der Waals surface area (Å²) in [7, 11) is 1.62. The van der Waals surface area contributed by atoms with Crippen molar-refractivity contribution in [1.82, 2.24) is 0 Å². The van der Waals surface area contributed by atoms with E-state index in [2.05, 4.69) is 22.6 Å². The third kappa shape index (κ3) is 4.15. The highest BCUT2D eigenvalue weighted by molar-refractivity contribution is 14.1. The van der Waals surface area contributed by atoms with Gasteiger partial charge in [-0.3, -0.25) is 0 Å². The van der Waals surface area contributed by atoms with Crippen molar-refractivity contribution in [2.75, 3.05) is 13.7 Å². The van der Waals surface area contributed by atoms with Crippen molar-refractivity contribution in [3.8, 4) is 11.1 Å².